The SMILES string of the molecule is Cc1ccc(CCc2ccc(Cc3c[nH]c4ncccc34)c(F)n2)cc1.O=C(c1ccc(CCc2ccc(Cl)cc2)nc1C(F)(F)F)c1c[nH]c2ncccc12.O=C(c1ccc(CCc2ccc(Cl)cc2)nc1Cl)c1c[nH]c2ncccc12. The predicted molar refractivity (Wildman–Crippen MR) is 317 cm³/mol. The number of nitrogens with zero attached hydrogens (tertiary/aromatic N) is 6. The highest BCUT2D eigenvalue weighted by Crippen LogP contribution is 2.33. The lowest BCUT2D eigenvalue weighted by Gasteiger charge is -2.13. The zero-order valence-electron chi connectivity index (χ0n) is 44.4. The molecule has 0 atom stereocenters. The van der Waals surface area contributed by atoms with Crippen molar-refractivity contribution in [2.75, 3.05) is 0 Å². The molecule has 12 rings (SSSR count). The molecule has 416 valence electrons. The second-order valence-corrected chi connectivity index (χ2v) is 20.8. The number of hydrogen-bond donors (Lipinski definition) is 3. The van der Waals surface area contributed by atoms with E-state index in [1.54, 1.807) is 55.0 Å². The molecule has 3 aromatic carbocycles. The summed E-state index contributed by atoms with van der Waals surface area (Å²) in [5.41, 5.74) is 9.42. The Bertz CT molecular complexity index is 4240. The minimum atomic E-state index is -4.76. The smallest absolute Gasteiger partial charge is 0.346 e. The first-order chi connectivity index (χ1) is 40.1. The highest BCUT2D eigenvalue weighted by atomic mass is 35.5. The first-order valence-electron chi connectivity index (χ1n) is 26.4. The first kappa shape index (κ1) is 57.3. The monoisotopic (exact) mass is 1170 g/mol. The summed E-state index contributed by atoms with van der Waals surface area (Å²) in [6.07, 6.45) is 9.57. The molecule has 3 N–H and O–H groups in total. The number of pyridine rings is 6. The molecule has 0 saturated carbocycles. The lowest BCUT2D eigenvalue weighted by Crippen LogP contribution is -2.17. The van der Waals surface area contributed by atoms with E-state index in [-0.39, 0.29) is 28.1 Å². The molecule has 0 saturated heterocycles. The minimum absolute atomic E-state index is 0.124. The Morgan fingerprint density at radius 3 is 1.40 bits per heavy atom. The molecule has 0 fully saturated rings. The van der Waals surface area contributed by atoms with Gasteiger partial charge in [0, 0.05) is 104 Å². The van der Waals surface area contributed by atoms with Gasteiger partial charge in [-0.25, -0.2) is 29.9 Å². The largest absolute Gasteiger partial charge is 0.434 e. The van der Waals surface area contributed by atoms with Crippen molar-refractivity contribution in [2.24, 2.45) is 0 Å². The van der Waals surface area contributed by atoms with Crippen LogP contribution in [0.1, 0.15) is 88.0 Å². The summed E-state index contributed by atoms with van der Waals surface area (Å²) in [6, 6.07) is 44.1. The van der Waals surface area contributed by atoms with Crippen LogP contribution in [0.15, 0.2) is 183 Å². The van der Waals surface area contributed by atoms with E-state index in [4.69, 9.17) is 34.8 Å². The third kappa shape index (κ3) is 14.2. The average molecular weight is 1170 g/mol. The number of H-pyrrole nitrogens is 3. The van der Waals surface area contributed by atoms with E-state index in [2.05, 4.69) is 76.0 Å². The number of carbonyl (C=O) groups excluding carboxylic acids is 2. The van der Waals surface area contributed by atoms with Crippen molar-refractivity contribution >= 4 is 79.5 Å². The number of aromatic nitrogens is 9. The standard InChI is InChI=1S/C22H15ClF3N3O.C22H20FN3.C21H15Cl2N3O/c23-14-6-3-13(4-7-14)5-8-15-9-10-17(20(29-15)22(24,25)26)19(30)18-12-28-21-16(18)2-1-11-27-21;1-15-4-6-16(7-5-15)8-10-19-11-9-17(21(23)26-19)13-18-14-25-22-20(18)3-2-12-24-22;22-14-6-3-13(4-7-14)5-8-15-9-10-17(20(23)26-15)19(27)18-12-25-21-16(18)2-1-11-24-21/h1-4,6-7,9-12H,5,8H2,(H,27,28);2-7,9,11-12,14H,8,10,13H2,1H3,(H,24,25);1-4,6-7,9-12H,5,8H2,(H,24,25). The van der Waals surface area contributed by atoms with Gasteiger partial charge in [-0.05, 0) is 159 Å². The van der Waals surface area contributed by atoms with Crippen molar-refractivity contribution in [3.8, 4) is 0 Å². The molecule has 0 radical (unpaired) electrons. The van der Waals surface area contributed by atoms with Crippen LogP contribution in [-0.2, 0) is 51.1 Å². The Hall–Kier alpha value is -8.89. The second-order valence-electron chi connectivity index (χ2n) is 19.6. The molecule has 11 nitrogen and oxygen atoms in total. The number of benzene rings is 3. The van der Waals surface area contributed by atoms with Crippen molar-refractivity contribution in [2.45, 2.75) is 58.0 Å². The Morgan fingerprint density at radius 2 is 0.892 bits per heavy atom. The fourth-order valence-corrected chi connectivity index (χ4v) is 9.92. The van der Waals surface area contributed by atoms with Gasteiger partial charge >= 0.3 is 6.18 Å². The number of nitrogens with one attached hydrogen (secondary N) is 3. The van der Waals surface area contributed by atoms with Gasteiger partial charge in [-0.15, -0.1) is 0 Å². The van der Waals surface area contributed by atoms with Crippen molar-refractivity contribution in [1.82, 2.24) is 44.9 Å². The number of aromatic amines is 3. The summed E-state index contributed by atoms with van der Waals surface area (Å²) >= 11 is 18.1. The molecule has 0 unspecified atom stereocenters. The van der Waals surface area contributed by atoms with Gasteiger partial charge in [0.05, 0.1) is 11.1 Å². The number of ketones is 2. The zero-order chi connectivity index (χ0) is 58.0. The van der Waals surface area contributed by atoms with E-state index < -0.39 is 23.2 Å². The Balaban J connectivity index is 0.000000139. The summed E-state index contributed by atoms with van der Waals surface area (Å²) in [6.45, 7) is 2.07. The van der Waals surface area contributed by atoms with Crippen LogP contribution in [0.3, 0.4) is 0 Å². The lowest BCUT2D eigenvalue weighted by molar-refractivity contribution is -0.141. The molecule has 83 heavy (non-hydrogen) atoms. The summed E-state index contributed by atoms with van der Waals surface area (Å²) < 4.78 is 55.6. The van der Waals surface area contributed by atoms with Gasteiger partial charge in [-0.2, -0.15) is 17.6 Å². The highest BCUT2D eigenvalue weighted by molar-refractivity contribution is 6.34. The molecular weight excluding hydrogens is 1120 g/mol. The van der Waals surface area contributed by atoms with Crippen molar-refractivity contribution < 1.29 is 27.2 Å². The number of carbonyl (C=O) groups is 2. The van der Waals surface area contributed by atoms with Gasteiger partial charge in [-0.3, -0.25) is 9.59 Å². The molecule has 0 spiro atoms. The minimum Gasteiger partial charge on any atom is -0.346 e. The van der Waals surface area contributed by atoms with E-state index in [1.807, 2.05) is 79.0 Å². The molecule has 0 aliphatic rings. The third-order valence-corrected chi connectivity index (χ3v) is 14.7. The van der Waals surface area contributed by atoms with Gasteiger partial charge in [0.1, 0.15) is 22.1 Å². The summed E-state index contributed by atoms with van der Waals surface area (Å²) in [7, 11) is 0. The fourth-order valence-electron chi connectivity index (χ4n) is 9.41. The van der Waals surface area contributed by atoms with Crippen LogP contribution in [-0.4, -0.2) is 56.4 Å². The predicted octanol–water partition coefficient (Wildman–Crippen LogP) is 15.7. The van der Waals surface area contributed by atoms with E-state index >= 15 is 0 Å². The van der Waals surface area contributed by atoms with Gasteiger partial charge < -0.3 is 15.0 Å². The molecule has 0 aliphatic carbocycles. The lowest BCUT2D eigenvalue weighted by atomic mass is 10.00. The maximum Gasteiger partial charge on any atom is 0.434 e. The Morgan fingerprint density at radius 1 is 0.458 bits per heavy atom. The van der Waals surface area contributed by atoms with Crippen LogP contribution in [0.4, 0.5) is 17.6 Å². The average Bonchev–Trinajstić information content (AvgIpc) is 4.46. The van der Waals surface area contributed by atoms with Crippen LogP contribution in [0.25, 0.3) is 33.1 Å². The van der Waals surface area contributed by atoms with Crippen molar-refractivity contribution in [3.63, 3.8) is 0 Å². The van der Waals surface area contributed by atoms with E-state index in [9.17, 15) is 27.2 Å². The van der Waals surface area contributed by atoms with Crippen LogP contribution in [0.2, 0.25) is 15.2 Å². The maximum atomic E-state index is 14.5. The quantitative estimate of drug-likeness (QED) is 0.0520. The molecule has 18 heteroatoms. The van der Waals surface area contributed by atoms with Gasteiger partial charge in [0.15, 0.2) is 17.3 Å². The van der Waals surface area contributed by atoms with E-state index in [0.717, 1.165) is 69.6 Å². The highest BCUT2D eigenvalue weighted by Gasteiger charge is 2.38. The number of hydrogen-bond acceptors (Lipinski definition) is 8. The second kappa shape index (κ2) is 25.9. The van der Waals surface area contributed by atoms with E-state index in [0.29, 0.717) is 57.7 Å². The number of alkyl halides is 3. The van der Waals surface area contributed by atoms with Gasteiger partial charge in [0.25, 0.3) is 0 Å². The number of halogens is 7. The van der Waals surface area contributed by atoms with Crippen LogP contribution < -0.4 is 0 Å². The number of fused-ring (bicyclic) bond motifs is 3. The molecule has 0 bridgehead atoms. The fraction of sp³-hybridized carbons (Fsp3) is 0.138. The molecule has 9 aromatic heterocycles. The van der Waals surface area contributed by atoms with Crippen LogP contribution in [0, 0.1) is 12.9 Å². The topological polar surface area (TPSA) is 159 Å². The molecule has 0 amide bonds. The Kier molecular flexibility index (Phi) is 17.9. The third-order valence-electron chi connectivity index (χ3n) is 13.9. The number of rotatable bonds is 15. The van der Waals surface area contributed by atoms with Gasteiger partial charge in [0.2, 0.25) is 5.95 Å². The van der Waals surface area contributed by atoms with Crippen LogP contribution >= 0.6 is 34.8 Å². The molecular formula is C65H50Cl3F4N9O2. The summed E-state index contributed by atoms with van der Waals surface area (Å²) in [5.74, 6) is -1.31. The maximum absolute atomic E-state index is 14.5. The molecule has 9 heterocycles. The summed E-state index contributed by atoms with van der Waals surface area (Å²) in [5, 5.41) is 3.77. The first-order valence-corrected chi connectivity index (χ1v) is 27.5. The Labute approximate surface area is 489 Å². The van der Waals surface area contributed by atoms with E-state index in [1.165, 1.54) is 41.2 Å². The van der Waals surface area contributed by atoms with Crippen molar-refractivity contribution in [1.29, 1.82) is 0 Å². The van der Waals surface area contributed by atoms with Gasteiger partial charge in [-0.1, -0.05) is 95.0 Å². The molecule has 0 aliphatic heterocycles. The summed E-state index contributed by atoms with van der Waals surface area (Å²) in [4.78, 5) is 59.7. The van der Waals surface area contributed by atoms with Crippen molar-refractivity contribution in [3.05, 3.63) is 282 Å². The normalized spacial score (nSPS) is 11.3. The molecule has 12 aromatic rings. The number of aryl methyl sites for hydroxylation is 7. The van der Waals surface area contributed by atoms with Crippen LogP contribution in [0.5, 0.6) is 0 Å². The zero-order valence-corrected chi connectivity index (χ0v) is 46.7.